The smallest absolute Gasteiger partial charge is 0.269 e. The summed E-state index contributed by atoms with van der Waals surface area (Å²) in [7, 11) is -4.35. The minimum absolute atomic E-state index is 0.0449. The lowest BCUT2D eigenvalue weighted by atomic mass is 9.94. The average Bonchev–Trinajstić information content (AvgIpc) is 3.11. The average molecular weight is 724 g/mol. The maximum atomic E-state index is 14.6. The van der Waals surface area contributed by atoms with Gasteiger partial charge in [-0.3, -0.25) is 24.0 Å². The molecule has 1 atom stereocenters. The van der Waals surface area contributed by atoms with Gasteiger partial charge in [0.1, 0.15) is 12.6 Å². The Morgan fingerprint density at radius 2 is 1.47 bits per heavy atom. The van der Waals surface area contributed by atoms with Crippen molar-refractivity contribution >= 4 is 56.4 Å². The molecule has 0 aliphatic heterocycles. The normalized spacial score (nSPS) is 14.1. The summed E-state index contributed by atoms with van der Waals surface area (Å²) >= 11 is 12.5. The number of nitrogens with zero attached hydrogens (tertiary/aromatic N) is 3. The zero-order valence-electron chi connectivity index (χ0n) is 26.6. The Bertz CT molecular complexity index is 1870. The molecule has 1 fully saturated rings. The third-order valence-electron chi connectivity index (χ3n) is 8.52. The van der Waals surface area contributed by atoms with Crippen LogP contribution in [0.25, 0.3) is 0 Å². The first-order valence-electron chi connectivity index (χ1n) is 15.9. The monoisotopic (exact) mass is 722 g/mol. The molecule has 0 bridgehead atoms. The maximum absolute atomic E-state index is 14.6. The topological polar surface area (TPSA) is 130 Å². The van der Waals surface area contributed by atoms with E-state index in [0.29, 0.717) is 10.6 Å². The van der Waals surface area contributed by atoms with Gasteiger partial charge in [0.15, 0.2) is 0 Å². The van der Waals surface area contributed by atoms with Crippen molar-refractivity contribution in [2.45, 2.75) is 62.0 Å². The van der Waals surface area contributed by atoms with Gasteiger partial charge in [0.25, 0.3) is 15.7 Å². The molecular weight excluding hydrogens is 687 g/mol. The molecule has 0 radical (unpaired) electrons. The van der Waals surface area contributed by atoms with Gasteiger partial charge in [-0.1, -0.05) is 97.1 Å². The van der Waals surface area contributed by atoms with Gasteiger partial charge >= 0.3 is 0 Å². The van der Waals surface area contributed by atoms with Crippen LogP contribution in [0.3, 0.4) is 0 Å². The number of benzene rings is 4. The number of nitrogens with one attached hydrogen (secondary N) is 1. The third kappa shape index (κ3) is 9.17. The summed E-state index contributed by atoms with van der Waals surface area (Å²) in [6.45, 7) is -0.775. The number of sulfonamides is 1. The number of anilines is 1. The number of nitro groups is 1. The van der Waals surface area contributed by atoms with Gasteiger partial charge in [0.05, 0.1) is 25.6 Å². The van der Waals surface area contributed by atoms with E-state index in [2.05, 4.69) is 5.32 Å². The minimum atomic E-state index is -4.35. The second-order valence-corrected chi connectivity index (χ2v) is 14.6. The van der Waals surface area contributed by atoms with E-state index in [-0.39, 0.29) is 46.2 Å². The molecule has 0 aromatic heterocycles. The van der Waals surface area contributed by atoms with E-state index in [1.54, 1.807) is 36.4 Å². The van der Waals surface area contributed by atoms with Crippen molar-refractivity contribution in [3.05, 3.63) is 134 Å². The first kappa shape index (κ1) is 35.8. The molecule has 1 N–H and O–H groups in total. The predicted molar refractivity (Wildman–Crippen MR) is 190 cm³/mol. The van der Waals surface area contributed by atoms with E-state index in [1.165, 1.54) is 41.3 Å². The molecule has 1 aliphatic carbocycles. The molecule has 0 saturated heterocycles. The second kappa shape index (κ2) is 16.3. The molecule has 5 rings (SSSR count). The molecule has 13 heteroatoms. The van der Waals surface area contributed by atoms with Gasteiger partial charge in [0.2, 0.25) is 11.8 Å². The molecule has 2 amide bonds. The van der Waals surface area contributed by atoms with Gasteiger partial charge in [-0.05, 0) is 60.4 Å². The van der Waals surface area contributed by atoms with E-state index in [9.17, 15) is 28.1 Å². The molecule has 4 aromatic rings. The standard InChI is InChI=1S/C36H36Cl2N4O6S/c37-32-21-16-27(22-33(32)38)24-40(34(23-26-10-4-1-5-11-26)36(44)39-28-12-6-2-7-13-28)35(43)25-41(29-17-19-30(20-18-29)42(45)46)49(47,48)31-14-8-3-9-15-31/h1,3-5,8-11,14-22,28,34H,2,6-7,12-13,23-25H2,(H,39,44)/t34-/m1/s1. The molecule has 10 nitrogen and oxygen atoms in total. The van der Waals surface area contributed by atoms with Crippen molar-refractivity contribution in [3.8, 4) is 0 Å². The summed E-state index contributed by atoms with van der Waals surface area (Å²) < 4.78 is 29.1. The first-order chi connectivity index (χ1) is 23.5. The van der Waals surface area contributed by atoms with Crippen molar-refractivity contribution in [2.75, 3.05) is 10.8 Å². The van der Waals surface area contributed by atoms with Crippen molar-refractivity contribution in [1.29, 1.82) is 0 Å². The molecule has 0 spiro atoms. The molecule has 4 aromatic carbocycles. The van der Waals surface area contributed by atoms with Crippen LogP contribution in [-0.2, 0) is 32.6 Å². The number of hydrogen-bond acceptors (Lipinski definition) is 6. The van der Waals surface area contributed by atoms with Crippen LogP contribution < -0.4 is 9.62 Å². The predicted octanol–water partition coefficient (Wildman–Crippen LogP) is 7.19. The Balaban J connectivity index is 1.58. The number of hydrogen-bond donors (Lipinski definition) is 1. The number of rotatable bonds is 13. The number of nitro benzene ring substituents is 1. The first-order valence-corrected chi connectivity index (χ1v) is 18.1. The summed E-state index contributed by atoms with van der Waals surface area (Å²) in [6, 6.07) is 25.6. The largest absolute Gasteiger partial charge is 0.352 e. The molecule has 0 unspecified atom stereocenters. The quantitative estimate of drug-likeness (QED) is 0.115. The lowest BCUT2D eigenvalue weighted by Crippen LogP contribution is -2.55. The summed E-state index contributed by atoms with van der Waals surface area (Å²) in [6.07, 6.45) is 4.89. The van der Waals surface area contributed by atoms with E-state index in [0.717, 1.165) is 42.0 Å². The summed E-state index contributed by atoms with van der Waals surface area (Å²) in [5.41, 5.74) is 1.20. The van der Waals surface area contributed by atoms with Crippen molar-refractivity contribution < 1.29 is 22.9 Å². The Morgan fingerprint density at radius 3 is 2.08 bits per heavy atom. The van der Waals surface area contributed by atoms with Crippen LogP contribution in [0, 0.1) is 10.1 Å². The van der Waals surface area contributed by atoms with Gasteiger partial charge in [-0.25, -0.2) is 8.42 Å². The van der Waals surface area contributed by atoms with E-state index < -0.39 is 33.4 Å². The number of non-ortho nitro benzene ring substituents is 1. The lowest BCUT2D eigenvalue weighted by molar-refractivity contribution is -0.384. The SMILES string of the molecule is O=C(NC1CCCCC1)[C@@H](Cc1ccccc1)N(Cc1ccc(Cl)c(Cl)c1)C(=O)CN(c1ccc([N+](=O)[O-])cc1)S(=O)(=O)c1ccccc1. The Kier molecular flexibility index (Phi) is 11.9. The van der Waals surface area contributed by atoms with Gasteiger partial charge in [0, 0.05) is 31.1 Å². The van der Waals surface area contributed by atoms with Crippen molar-refractivity contribution in [1.82, 2.24) is 10.2 Å². The van der Waals surface area contributed by atoms with Crippen LogP contribution in [0.2, 0.25) is 10.0 Å². The number of amides is 2. The lowest BCUT2D eigenvalue weighted by Gasteiger charge is -2.35. The van der Waals surface area contributed by atoms with E-state index >= 15 is 0 Å². The summed E-state index contributed by atoms with van der Waals surface area (Å²) in [5, 5.41) is 15.1. The molecule has 256 valence electrons. The molecule has 49 heavy (non-hydrogen) atoms. The zero-order chi connectivity index (χ0) is 35.0. The molecule has 0 heterocycles. The molecular formula is C36H36Cl2N4O6S. The highest BCUT2D eigenvalue weighted by atomic mass is 35.5. The fourth-order valence-electron chi connectivity index (χ4n) is 5.92. The number of carbonyl (C=O) groups is 2. The van der Waals surface area contributed by atoms with Crippen LogP contribution in [-0.4, -0.2) is 48.7 Å². The Labute approximate surface area is 295 Å². The fraction of sp³-hybridized carbons (Fsp3) is 0.278. The number of carbonyl (C=O) groups excluding carboxylic acids is 2. The minimum Gasteiger partial charge on any atom is -0.352 e. The molecule has 1 aliphatic rings. The highest BCUT2D eigenvalue weighted by Crippen LogP contribution is 2.28. The van der Waals surface area contributed by atoms with Crippen LogP contribution in [0.15, 0.2) is 108 Å². The van der Waals surface area contributed by atoms with Crippen LogP contribution >= 0.6 is 23.2 Å². The Morgan fingerprint density at radius 1 is 0.837 bits per heavy atom. The zero-order valence-corrected chi connectivity index (χ0v) is 28.9. The highest BCUT2D eigenvalue weighted by molar-refractivity contribution is 7.92. The van der Waals surface area contributed by atoms with Crippen LogP contribution in [0.4, 0.5) is 11.4 Å². The third-order valence-corrected chi connectivity index (χ3v) is 11.0. The van der Waals surface area contributed by atoms with Gasteiger partial charge in [-0.15, -0.1) is 0 Å². The maximum Gasteiger partial charge on any atom is 0.269 e. The summed E-state index contributed by atoms with van der Waals surface area (Å²) in [5.74, 6) is -1.01. The van der Waals surface area contributed by atoms with Crippen LogP contribution in [0.1, 0.15) is 43.2 Å². The summed E-state index contributed by atoms with van der Waals surface area (Å²) in [4.78, 5) is 40.9. The molecule has 1 saturated carbocycles. The Hall–Kier alpha value is -4.45. The van der Waals surface area contributed by atoms with Gasteiger partial charge in [-0.2, -0.15) is 0 Å². The van der Waals surface area contributed by atoms with Crippen LogP contribution in [0.5, 0.6) is 0 Å². The second-order valence-electron chi connectivity index (χ2n) is 11.9. The van der Waals surface area contributed by atoms with Gasteiger partial charge < -0.3 is 10.2 Å². The van der Waals surface area contributed by atoms with Crippen molar-refractivity contribution in [3.63, 3.8) is 0 Å². The van der Waals surface area contributed by atoms with E-state index in [1.807, 2.05) is 30.3 Å². The number of halogens is 2. The fourth-order valence-corrected chi connectivity index (χ4v) is 7.68. The van der Waals surface area contributed by atoms with E-state index in [4.69, 9.17) is 23.2 Å². The highest BCUT2D eigenvalue weighted by Gasteiger charge is 2.35. The van der Waals surface area contributed by atoms with Crippen molar-refractivity contribution in [2.24, 2.45) is 0 Å².